The summed E-state index contributed by atoms with van der Waals surface area (Å²) in [5, 5.41) is 6.48. The average Bonchev–Trinajstić information content (AvgIpc) is 3.28. The van der Waals surface area contributed by atoms with Crippen molar-refractivity contribution in [3.05, 3.63) is 114 Å². The van der Waals surface area contributed by atoms with Crippen molar-refractivity contribution in [1.29, 1.82) is 0 Å². The van der Waals surface area contributed by atoms with Crippen molar-refractivity contribution in [2.45, 2.75) is 110 Å². The molecule has 0 radical (unpaired) electrons. The molecule has 0 fully saturated rings. The highest BCUT2D eigenvalue weighted by atomic mass is 16.2. The zero-order valence-electron chi connectivity index (χ0n) is 34.6. The van der Waals surface area contributed by atoms with Crippen LogP contribution in [-0.2, 0) is 0 Å². The lowest BCUT2D eigenvalue weighted by atomic mass is 9.82. The zero-order valence-corrected chi connectivity index (χ0v) is 34.6. The van der Waals surface area contributed by atoms with Crippen LogP contribution in [0.25, 0.3) is 54.5 Å². The molecule has 2 aliphatic heterocycles. The predicted octanol–water partition coefficient (Wildman–Crippen LogP) is 12.9. The number of unbranched alkanes of at least 4 members (excludes halogenated alkanes) is 15. The van der Waals surface area contributed by atoms with E-state index in [4.69, 9.17) is 0 Å². The fourth-order valence-electron chi connectivity index (χ4n) is 9.79. The summed E-state index contributed by atoms with van der Waals surface area (Å²) in [6, 6.07) is 24.0. The standard InChI is InChI=1S/C52H52N4O4/c1-2-3-4-5-6-7-8-9-10-11-12-13-14-15-16-19-32-55-49(57)39-25-21-35-37-23-27-41-48-42(28-24-38(46(37)48)36-22-26-40(50(55)58)47(39)45(35)36)52(60)56(51(41)59)34-29-31-54-44(33-34)43-20-17-18-30-53-43/h17-18,20-31,33H,2-16,19,32H2,1H3. The molecule has 2 aromatic heterocycles. The summed E-state index contributed by atoms with van der Waals surface area (Å²) in [6.07, 6.45) is 23.6. The van der Waals surface area contributed by atoms with Gasteiger partial charge in [0.05, 0.1) is 17.1 Å². The molecule has 5 aromatic carbocycles. The van der Waals surface area contributed by atoms with Crippen molar-refractivity contribution < 1.29 is 19.2 Å². The largest absolute Gasteiger partial charge is 0.274 e. The number of carbonyl (C=O) groups excluding carboxylic acids is 4. The molecular weight excluding hydrogens is 745 g/mol. The number of hydrogen-bond acceptors (Lipinski definition) is 6. The summed E-state index contributed by atoms with van der Waals surface area (Å²) in [5.41, 5.74) is 3.57. The molecule has 0 unspecified atom stereocenters. The first-order chi connectivity index (χ1) is 29.5. The maximum Gasteiger partial charge on any atom is 0.265 e. The van der Waals surface area contributed by atoms with Crippen molar-refractivity contribution in [2.75, 3.05) is 11.4 Å². The lowest BCUT2D eigenvalue weighted by Crippen LogP contribution is -2.41. The second-order valence-electron chi connectivity index (χ2n) is 16.8. The summed E-state index contributed by atoms with van der Waals surface area (Å²) in [7, 11) is 0. The van der Waals surface area contributed by atoms with Crippen LogP contribution in [0.15, 0.2) is 91.3 Å². The van der Waals surface area contributed by atoms with Crippen molar-refractivity contribution >= 4 is 72.4 Å². The minimum absolute atomic E-state index is 0.244. The van der Waals surface area contributed by atoms with Crippen LogP contribution in [-0.4, -0.2) is 45.0 Å². The number of rotatable bonds is 19. The van der Waals surface area contributed by atoms with Crippen molar-refractivity contribution in [2.24, 2.45) is 0 Å². The Morgan fingerprint density at radius 1 is 0.417 bits per heavy atom. The number of nitrogens with zero attached hydrogens (tertiary/aromatic N) is 4. The van der Waals surface area contributed by atoms with E-state index < -0.39 is 11.8 Å². The molecule has 4 amide bonds. The van der Waals surface area contributed by atoms with Gasteiger partial charge < -0.3 is 0 Å². The minimum atomic E-state index is -0.411. The molecule has 7 aromatic rings. The van der Waals surface area contributed by atoms with Crippen LogP contribution in [0.1, 0.15) is 151 Å². The lowest BCUT2D eigenvalue weighted by molar-refractivity contribution is 0.0607. The third-order valence-corrected chi connectivity index (χ3v) is 12.9. The van der Waals surface area contributed by atoms with E-state index in [1.807, 2.05) is 54.6 Å². The van der Waals surface area contributed by atoms with E-state index in [0.717, 1.165) is 51.6 Å². The summed E-state index contributed by atoms with van der Waals surface area (Å²) < 4.78 is 0. The Bertz CT molecular complexity index is 2640. The summed E-state index contributed by atoms with van der Waals surface area (Å²) in [5.74, 6) is -1.31. The SMILES string of the molecule is CCCCCCCCCCCCCCCCCCN1C(=O)c2ccc3c4ccc5c6c(ccc(c7ccc(c2c37)C1=O)c64)C(=O)N(c1ccnc(-c2ccccn2)c1)C5=O. The molecule has 0 saturated heterocycles. The second-order valence-corrected chi connectivity index (χ2v) is 16.8. The third kappa shape index (κ3) is 7.10. The van der Waals surface area contributed by atoms with Crippen LogP contribution in [0.5, 0.6) is 0 Å². The van der Waals surface area contributed by atoms with E-state index in [0.29, 0.717) is 56.6 Å². The number of fused-ring (bicyclic) bond motifs is 2. The maximum atomic E-state index is 14.3. The Balaban J connectivity index is 0.897. The molecule has 0 N–H and O–H groups in total. The lowest BCUT2D eigenvalue weighted by Gasteiger charge is -2.30. The number of pyridine rings is 2. The number of hydrogen-bond donors (Lipinski definition) is 0. The monoisotopic (exact) mass is 796 g/mol. The first kappa shape index (κ1) is 39.4. The number of carbonyl (C=O) groups is 4. The molecule has 60 heavy (non-hydrogen) atoms. The van der Waals surface area contributed by atoms with E-state index in [1.165, 1.54) is 93.3 Å². The Kier molecular flexibility index (Phi) is 11.4. The fourth-order valence-corrected chi connectivity index (χ4v) is 9.79. The first-order valence-electron chi connectivity index (χ1n) is 22.3. The van der Waals surface area contributed by atoms with Gasteiger partial charge in [0.1, 0.15) is 0 Å². The third-order valence-electron chi connectivity index (χ3n) is 12.9. The highest BCUT2D eigenvalue weighted by Crippen LogP contribution is 2.46. The zero-order chi connectivity index (χ0) is 41.2. The highest BCUT2D eigenvalue weighted by Gasteiger charge is 2.37. The summed E-state index contributed by atoms with van der Waals surface area (Å²) >= 11 is 0. The molecule has 0 saturated carbocycles. The molecule has 304 valence electrons. The van der Waals surface area contributed by atoms with Gasteiger partial charge in [0.2, 0.25) is 0 Å². The van der Waals surface area contributed by atoms with Crippen LogP contribution < -0.4 is 4.90 Å². The number of anilines is 1. The Hall–Kier alpha value is -6.02. The van der Waals surface area contributed by atoms with Gasteiger partial charge in [-0.05, 0) is 87.3 Å². The molecule has 0 bridgehead atoms. The quantitative estimate of drug-likeness (QED) is 0.0350. The Morgan fingerprint density at radius 2 is 0.850 bits per heavy atom. The van der Waals surface area contributed by atoms with Crippen LogP contribution in [0.3, 0.4) is 0 Å². The van der Waals surface area contributed by atoms with Gasteiger partial charge in [0, 0.05) is 52.0 Å². The Labute approximate surface area is 351 Å². The van der Waals surface area contributed by atoms with Gasteiger partial charge in [-0.3, -0.25) is 34.0 Å². The molecule has 9 rings (SSSR count). The van der Waals surface area contributed by atoms with Gasteiger partial charge >= 0.3 is 0 Å². The number of benzene rings is 5. The van der Waals surface area contributed by atoms with Gasteiger partial charge in [-0.2, -0.15) is 0 Å². The van der Waals surface area contributed by atoms with Crippen LogP contribution >= 0.6 is 0 Å². The van der Waals surface area contributed by atoms with Crippen LogP contribution in [0, 0.1) is 0 Å². The molecule has 4 heterocycles. The first-order valence-corrected chi connectivity index (χ1v) is 22.3. The molecule has 2 aliphatic rings. The average molecular weight is 797 g/mol. The fraction of sp³-hybridized carbons (Fsp3) is 0.346. The van der Waals surface area contributed by atoms with Crippen molar-refractivity contribution in [3.63, 3.8) is 0 Å². The number of imide groups is 2. The van der Waals surface area contributed by atoms with Crippen LogP contribution in [0.2, 0.25) is 0 Å². The predicted molar refractivity (Wildman–Crippen MR) is 241 cm³/mol. The van der Waals surface area contributed by atoms with Gasteiger partial charge in [-0.1, -0.05) is 134 Å². The van der Waals surface area contributed by atoms with Crippen molar-refractivity contribution in [1.82, 2.24) is 14.9 Å². The number of aromatic nitrogens is 2. The molecular formula is C52H52N4O4. The second kappa shape index (κ2) is 17.3. The molecule has 8 heteroatoms. The smallest absolute Gasteiger partial charge is 0.265 e. The molecule has 8 nitrogen and oxygen atoms in total. The maximum absolute atomic E-state index is 14.3. The van der Waals surface area contributed by atoms with Gasteiger partial charge in [-0.25, -0.2) is 4.90 Å². The van der Waals surface area contributed by atoms with Gasteiger partial charge in [0.25, 0.3) is 23.6 Å². The highest BCUT2D eigenvalue weighted by molar-refractivity contribution is 6.43. The van der Waals surface area contributed by atoms with E-state index >= 15 is 0 Å². The van der Waals surface area contributed by atoms with Crippen LogP contribution in [0.4, 0.5) is 5.69 Å². The topological polar surface area (TPSA) is 101 Å². The summed E-state index contributed by atoms with van der Waals surface area (Å²) in [4.78, 5) is 68.2. The van der Waals surface area contributed by atoms with Gasteiger partial charge in [-0.15, -0.1) is 0 Å². The number of amides is 4. The molecule has 0 spiro atoms. The normalized spacial score (nSPS) is 13.9. The van der Waals surface area contributed by atoms with E-state index in [2.05, 4.69) is 16.9 Å². The molecule has 0 atom stereocenters. The minimum Gasteiger partial charge on any atom is -0.274 e. The van der Waals surface area contributed by atoms with E-state index in [-0.39, 0.29) is 11.8 Å². The van der Waals surface area contributed by atoms with E-state index in [1.54, 1.807) is 36.7 Å². The van der Waals surface area contributed by atoms with Crippen molar-refractivity contribution in [3.8, 4) is 11.4 Å². The molecule has 0 aliphatic carbocycles. The Morgan fingerprint density at radius 3 is 1.30 bits per heavy atom. The van der Waals surface area contributed by atoms with E-state index in [9.17, 15) is 19.2 Å². The summed E-state index contributed by atoms with van der Waals surface area (Å²) in [6.45, 7) is 2.68. The van der Waals surface area contributed by atoms with Gasteiger partial charge in [0.15, 0.2) is 0 Å².